The third kappa shape index (κ3) is 1.75. The van der Waals surface area contributed by atoms with Crippen LogP contribution in [0.5, 0.6) is 0 Å². The Labute approximate surface area is 144 Å². The molecule has 24 heavy (non-hydrogen) atoms. The summed E-state index contributed by atoms with van der Waals surface area (Å²) < 4.78 is 0. The number of aryl methyl sites for hydroxylation is 1. The summed E-state index contributed by atoms with van der Waals surface area (Å²) in [5, 5.41) is 18.0. The third-order valence-electron chi connectivity index (χ3n) is 8.47. The number of fused-ring (bicyclic) bond motifs is 7. The first-order chi connectivity index (χ1) is 11.4. The molecule has 0 aromatic carbocycles. The van der Waals surface area contributed by atoms with Gasteiger partial charge in [0, 0.05) is 11.3 Å². The highest BCUT2D eigenvalue weighted by Gasteiger charge is 2.58. The summed E-state index contributed by atoms with van der Waals surface area (Å²) in [5.74, 6) is 2.35. The van der Waals surface area contributed by atoms with E-state index in [1.807, 2.05) is 0 Å². The number of nitrogens with one attached hydrogen (secondary N) is 1. The van der Waals surface area contributed by atoms with Gasteiger partial charge >= 0.3 is 0 Å². The van der Waals surface area contributed by atoms with Gasteiger partial charge in [-0.25, -0.2) is 0 Å². The molecule has 0 saturated heterocycles. The van der Waals surface area contributed by atoms with Crippen LogP contribution in [0.4, 0.5) is 0 Å². The van der Waals surface area contributed by atoms with E-state index in [1.54, 1.807) is 11.1 Å². The van der Waals surface area contributed by atoms with Crippen LogP contribution < -0.4 is 0 Å². The monoisotopic (exact) mass is 326 g/mol. The number of allylic oxidation sites excluding steroid dienone is 1. The highest BCUT2D eigenvalue weighted by atomic mass is 16.3. The van der Waals surface area contributed by atoms with Crippen LogP contribution in [0.2, 0.25) is 0 Å². The summed E-state index contributed by atoms with van der Waals surface area (Å²) in [5.41, 5.74) is 6.42. The van der Waals surface area contributed by atoms with Gasteiger partial charge in [-0.15, -0.1) is 0 Å². The third-order valence-corrected chi connectivity index (χ3v) is 8.47. The van der Waals surface area contributed by atoms with Crippen LogP contribution in [0, 0.1) is 30.1 Å². The minimum absolute atomic E-state index is 0.103. The van der Waals surface area contributed by atoms with Gasteiger partial charge in [0.25, 0.3) is 0 Å². The van der Waals surface area contributed by atoms with E-state index in [2.05, 4.69) is 37.0 Å². The maximum atomic E-state index is 10.1. The Kier molecular flexibility index (Phi) is 3.01. The van der Waals surface area contributed by atoms with E-state index in [1.165, 1.54) is 43.5 Å². The number of aromatic nitrogens is 2. The van der Waals surface area contributed by atoms with Crippen molar-refractivity contribution in [3.05, 3.63) is 28.6 Å². The van der Waals surface area contributed by atoms with Crippen LogP contribution >= 0.6 is 0 Å². The normalized spacial score (nSPS) is 46.6. The molecule has 1 aromatic heterocycles. The fourth-order valence-electron chi connectivity index (χ4n) is 7.24. The lowest BCUT2D eigenvalue weighted by Crippen LogP contribution is -2.51. The molecule has 0 amide bonds. The lowest BCUT2D eigenvalue weighted by Gasteiger charge is -2.57. The fourth-order valence-corrected chi connectivity index (χ4v) is 7.24. The molecule has 4 aliphatic rings. The molecule has 2 N–H and O–H groups in total. The second-order valence-corrected chi connectivity index (χ2v) is 9.49. The predicted molar refractivity (Wildman–Crippen MR) is 94.7 cm³/mol. The molecule has 0 unspecified atom stereocenters. The van der Waals surface area contributed by atoms with Gasteiger partial charge in [-0.3, -0.25) is 5.10 Å². The fraction of sp³-hybridized carbons (Fsp3) is 0.762. The van der Waals surface area contributed by atoms with Crippen molar-refractivity contribution in [3.8, 4) is 0 Å². The minimum atomic E-state index is -0.103. The van der Waals surface area contributed by atoms with E-state index in [0.717, 1.165) is 30.6 Å². The van der Waals surface area contributed by atoms with Crippen molar-refractivity contribution in [3.63, 3.8) is 0 Å². The number of H-pyrrole nitrogens is 1. The quantitative estimate of drug-likeness (QED) is 0.707. The second kappa shape index (κ2) is 4.75. The summed E-state index contributed by atoms with van der Waals surface area (Å²) in [4.78, 5) is 0. The lowest BCUT2D eigenvalue weighted by molar-refractivity contribution is -0.0166. The molecule has 2 fully saturated rings. The van der Waals surface area contributed by atoms with E-state index >= 15 is 0 Å². The van der Waals surface area contributed by atoms with E-state index < -0.39 is 0 Å². The zero-order valence-corrected chi connectivity index (χ0v) is 15.2. The van der Waals surface area contributed by atoms with Crippen molar-refractivity contribution >= 4 is 0 Å². The zero-order valence-electron chi connectivity index (χ0n) is 15.2. The van der Waals surface area contributed by atoms with Gasteiger partial charge in [0.2, 0.25) is 0 Å². The van der Waals surface area contributed by atoms with Gasteiger partial charge in [-0.1, -0.05) is 25.5 Å². The summed E-state index contributed by atoms with van der Waals surface area (Å²) >= 11 is 0. The van der Waals surface area contributed by atoms with Crippen LogP contribution in [-0.4, -0.2) is 21.4 Å². The molecule has 1 heterocycles. The molecule has 3 heteroatoms. The van der Waals surface area contributed by atoms with Crippen molar-refractivity contribution in [1.82, 2.24) is 10.2 Å². The highest BCUT2D eigenvalue weighted by Crippen LogP contribution is 2.64. The first-order valence-electron chi connectivity index (χ1n) is 9.85. The molecule has 130 valence electrons. The van der Waals surface area contributed by atoms with Crippen LogP contribution in [0.15, 0.2) is 11.6 Å². The van der Waals surface area contributed by atoms with E-state index in [9.17, 15) is 5.11 Å². The Morgan fingerprint density at radius 1 is 1.12 bits per heavy atom. The van der Waals surface area contributed by atoms with Crippen LogP contribution in [0.25, 0.3) is 0 Å². The van der Waals surface area contributed by atoms with Gasteiger partial charge in [0.1, 0.15) is 0 Å². The number of rotatable bonds is 0. The molecule has 5 rings (SSSR count). The van der Waals surface area contributed by atoms with Crippen LogP contribution in [0.3, 0.4) is 0 Å². The minimum Gasteiger partial charge on any atom is -0.393 e. The average molecular weight is 326 g/mol. The first-order valence-corrected chi connectivity index (χ1v) is 9.85. The van der Waals surface area contributed by atoms with Crippen molar-refractivity contribution in [2.24, 2.45) is 23.2 Å². The van der Waals surface area contributed by atoms with Crippen LogP contribution in [0.1, 0.15) is 69.3 Å². The molecule has 1 aromatic rings. The number of nitrogens with zero attached hydrogens (tertiary/aromatic N) is 1. The van der Waals surface area contributed by atoms with Gasteiger partial charge in [-0.2, -0.15) is 5.10 Å². The molecular formula is C21H30N2O. The van der Waals surface area contributed by atoms with Crippen molar-refractivity contribution < 1.29 is 5.11 Å². The van der Waals surface area contributed by atoms with Gasteiger partial charge < -0.3 is 5.11 Å². The first kappa shape index (κ1) is 15.2. The van der Waals surface area contributed by atoms with Crippen molar-refractivity contribution in [1.29, 1.82) is 0 Å². The van der Waals surface area contributed by atoms with Crippen molar-refractivity contribution in [2.45, 2.75) is 77.2 Å². The molecule has 0 radical (unpaired) electrons. The van der Waals surface area contributed by atoms with E-state index in [-0.39, 0.29) is 6.10 Å². The van der Waals surface area contributed by atoms with Gasteiger partial charge in [0.15, 0.2) is 0 Å². The summed E-state index contributed by atoms with van der Waals surface area (Å²) in [6.07, 6.45) is 10.5. The topological polar surface area (TPSA) is 48.9 Å². The largest absolute Gasteiger partial charge is 0.393 e. The predicted octanol–water partition coefficient (Wildman–Crippen LogP) is 4.06. The van der Waals surface area contributed by atoms with Gasteiger partial charge in [-0.05, 0) is 80.5 Å². The molecular weight excluding hydrogens is 296 g/mol. The summed E-state index contributed by atoms with van der Waals surface area (Å²) in [6, 6.07) is 0. The molecule has 2 saturated carbocycles. The van der Waals surface area contributed by atoms with Crippen molar-refractivity contribution in [2.75, 3.05) is 0 Å². The molecule has 0 aliphatic heterocycles. The maximum absolute atomic E-state index is 10.1. The highest BCUT2D eigenvalue weighted by molar-refractivity contribution is 5.41. The Bertz CT molecular complexity index is 719. The van der Waals surface area contributed by atoms with E-state index in [4.69, 9.17) is 0 Å². The second-order valence-electron chi connectivity index (χ2n) is 9.49. The molecule has 3 nitrogen and oxygen atoms in total. The lowest BCUT2D eigenvalue weighted by atomic mass is 9.47. The van der Waals surface area contributed by atoms with Crippen LogP contribution in [-0.2, 0) is 11.8 Å². The average Bonchev–Trinajstić information content (AvgIpc) is 3.06. The number of hydrogen-bond acceptors (Lipinski definition) is 2. The maximum Gasteiger partial charge on any atom is 0.0665 e. The molecule has 4 aliphatic carbocycles. The Balaban J connectivity index is 1.54. The smallest absolute Gasteiger partial charge is 0.0665 e. The Hall–Kier alpha value is -1.09. The number of aromatic amines is 1. The standard InChI is InChI=1S/C21H30N2O/c1-12-19-18(23-22-12)11-17-15-5-4-13-10-14(24)6-8-20(13,2)16(15)7-9-21(17,19)3/h4,14-17,24H,5-11H2,1-3H3,(H,22,23)/t14-,15-,16-,17-,20-,21-/m0/s1. The number of hydrogen-bond donors (Lipinski definition) is 2. The number of aliphatic hydroxyl groups excluding tert-OH is 1. The summed E-state index contributed by atoms with van der Waals surface area (Å²) in [7, 11) is 0. The number of aliphatic hydroxyl groups is 1. The van der Waals surface area contributed by atoms with Gasteiger partial charge in [0.05, 0.1) is 11.8 Å². The molecule has 0 spiro atoms. The van der Waals surface area contributed by atoms with E-state index in [0.29, 0.717) is 10.8 Å². The molecule has 0 bridgehead atoms. The molecule has 6 atom stereocenters. The Morgan fingerprint density at radius 3 is 2.75 bits per heavy atom. The summed E-state index contributed by atoms with van der Waals surface area (Å²) in [6.45, 7) is 7.21. The zero-order chi connectivity index (χ0) is 16.7. The SMILES string of the molecule is Cc1[nH]nc2c1[C@@]1(C)CC[C@H]3[C@H](CC=C4C[C@@H](O)CC[C@@]43C)[C@@H]1C2. The Morgan fingerprint density at radius 2 is 1.92 bits per heavy atom.